The summed E-state index contributed by atoms with van der Waals surface area (Å²) in [5, 5.41) is 10.9. The molecule has 3 rings (SSSR count). The Kier molecular flexibility index (Phi) is 10.4. The van der Waals surface area contributed by atoms with Gasteiger partial charge < -0.3 is 19.9 Å². The summed E-state index contributed by atoms with van der Waals surface area (Å²) in [5.41, 5.74) is 1.64. The third-order valence-corrected chi connectivity index (χ3v) is 5.06. The molecule has 0 aromatic heterocycles. The van der Waals surface area contributed by atoms with Crippen LogP contribution in [0.2, 0.25) is 0 Å². The molecule has 0 bridgehead atoms. The number of hydrogen-bond acceptors (Lipinski definition) is 4. The van der Waals surface area contributed by atoms with Crippen LogP contribution in [0.15, 0.2) is 54.6 Å². The number of carboxylic acid groups (broad SMARTS) is 1. The Morgan fingerprint density at radius 1 is 1.00 bits per heavy atom. The normalized spacial score (nSPS) is 13.5. The number of carbonyl (C=O) groups excluding carboxylic acids is 1. The minimum absolute atomic E-state index is 0.0926. The van der Waals surface area contributed by atoms with Gasteiger partial charge in [-0.05, 0) is 43.0 Å². The summed E-state index contributed by atoms with van der Waals surface area (Å²) in [7, 11) is 2.98. The first kappa shape index (κ1) is 24.2. The molecule has 0 radical (unpaired) electrons. The number of urea groups is 1. The van der Waals surface area contributed by atoms with Gasteiger partial charge in [0.05, 0.1) is 18.5 Å². The average molecular weight is 429 g/mol. The number of para-hydroxylation sites is 1. The highest BCUT2D eigenvalue weighted by Gasteiger charge is 2.20. The first-order valence-electron chi connectivity index (χ1n) is 10.5. The standard InChI is InChI=1S/C21H26N2O2.C3H6O3/c1-25-20-14-8-13-19(15-20)23(18-11-6-3-7-12-18)21(24)22-16-17-9-4-2-5-10-17;1-6-2-3(4)5/h3,6-8,11-15,17H,2,4-5,9-10,16H2,1H3,(H,22,24);2H2,1H3,(H,4,5). The fraction of sp³-hybridized carbons (Fsp3) is 0.417. The largest absolute Gasteiger partial charge is 0.497 e. The van der Waals surface area contributed by atoms with Gasteiger partial charge in [0, 0.05) is 19.7 Å². The number of amides is 2. The van der Waals surface area contributed by atoms with E-state index < -0.39 is 5.97 Å². The van der Waals surface area contributed by atoms with E-state index in [4.69, 9.17) is 9.84 Å². The maximum Gasteiger partial charge on any atom is 0.329 e. The van der Waals surface area contributed by atoms with Crippen molar-refractivity contribution in [1.29, 1.82) is 0 Å². The lowest BCUT2D eigenvalue weighted by Gasteiger charge is -2.26. The lowest BCUT2D eigenvalue weighted by Crippen LogP contribution is -2.39. The van der Waals surface area contributed by atoms with Crippen molar-refractivity contribution in [3.63, 3.8) is 0 Å². The van der Waals surface area contributed by atoms with Gasteiger partial charge >= 0.3 is 12.0 Å². The Balaban J connectivity index is 0.000000501. The summed E-state index contributed by atoms with van der Waals surface area (Å²) >= 11 is 0. The molecule has 1 fully saturated rings. The van der Waals surface area contributed by atoms with E-state index in [1.807, 2.05) is 54.6 Å². The number of benzene rings is 2. The Hall–Kier alpha value is -3.06. The molecule has 0 heterocycles. The Bertz CT molecular complexity index is 807. The highest BCUT2D eigenvalue weighted by molar-refractivity contribution is 5.99. The van der Waals surface area contributed by atoms with E-state index in [0.717, 1.165) is 23.7 Å². The molecule has 0 spiro atoms. The summed E-state index contributed by atoms with van der Waals surface area (Å²) < 4.78 is 9.52. The van der Waals surface area contributed by atoms with E-state index in [1.54, 1.807) is 12.0 Å². The van der Waals surface area contributed by atoms with Crippen LogP contribution in [0, 0.1) is 5.92 Å². The first-order chi connectivity index (χ1) is 15.0. The summed E-state index contributed by atoms with van der Waals surface area (Å²) in [6.07, 6.45) is 6.30. The van der Waals surface area contributed by atoms with E-state index in [0.29, 0.717) is 5.92 Å². The molecule has 0 saturated heterocycles. The van der Waals surface area contributed by atoms with Gasteiger partial charge in [0.2, 0.25) is 0 Å². The lowest BCUT2D eigenvalue weighted by atomic mass is 9.89. The van der Waals surface area contributed by atoms with Crippen molar-refractivity contribution in [2.45, 2.75) is 32.1 Å². The summed E-state index contributed by atoms with van der Waals surface area (Å²) in [4.78, 5) is 24.1. The van der Waals surface area contributed by atoms with Crippen LogP contribution in [0.25, 0.3) is 0 Å². The molecule has 168 valence electrons. The molecule has 1 saturated carbocycles. The number of hydrogen-bond donors (Lipinski definition) is 2. The smallest absolute Gasteiger partial charge is 0.329 e. The van der Waals surface area contributed by atoms with E-state index in [2.05, 4.69) is 10.1 Å². The number of nitrogens with one attached hydrogen (secondary N) is 1. The minimum atomic E-state index is -0.933. The number of carboxylic acids is 1. The average Bonchev–Trinajstić information content (AvgIpc) is 2.80. The number of nitrogens with zero attached hydrogens (tertiary/aromatic N) is 1. The zero-order valence-corrected chi connectivity index (χ0v) is 18.3. The maximum atomic E-state index is 13.0. The highest BCUT2D eigenvalue weighted by Crippen LogP contribution is 2.29. The van der Waals surface area contributed by atoms with E-state index >= 15 is 0 Å². The number of carbonyl (C=O) groups is 2. The van der Waals surface area contributed by atoms with E-state index in [1.165, 1.54) is 39.2 Å². The third-order valence-electron chi connectivity index (χ3n) is 5.06. The topological polar surface area (TPSA) is 88.1 Å². The van der Waals surface area contributed by atoms with Crippen molar-refractivity contribution in [3.05, 3.63) is 54.6 Å². The summed E-state index contributed by atoms with van der Waals surface area (Å²) in [5.74, 6) is 0.400. The monoisotopic (exact) mass is 428 g/mol. The Morgan fingerprint density at radius 3 is 2.26 bits per heavy atom. The van der Waals surface area contributed by atoms with Crippen molar-refractivity contribution >= 4 is 23.4 Å². The van der Waals surface area contributed by atoms with Crippen LogP contribution in [-0.4, -0.2) is 44.5 Å². The van der Waals surface area contributed by atoms with Gasteiger partial charge in [0.15, 0.2) is 0 Å². The Morgan fingerprint density at radius 2 is 1.68 bits per heavy atom. The number of rotatable bonds is 7. The zero-order chi connectivity index (χ0) is 22.5. The predicted molar refractivity (Wildman–Crippen MR) is 121 cm³/mol. The molecule has 1 aliphatic rings. The molecular weight excluding hydrogens is 396 g/mol. The predicted octanol–water partition coefficient (Wildman–Crippen LogP) is 4.84. The molecule has 1 aliphatic carbocycles. The molecule has 2 aromatic rings. The van der Waals surface area contributed by atoms with E-state index in [-0.39, 0.29) is 12.6 Å². The van der Waals surface area contributed by atoms with Crippen molar-refractivity contribution in [1.82, 2.24) is 5.32 Å². The minimum Gasteiger partial charge on any atom is -0.497 e. The quantitative estimate of drug-likeness (QED) is 0.659. The number of methoxy groups -OCH3 is 2. The van der Waals surface area contributed by atoms with Gasteiger partial charge in [-0.15, -0.1) is 0 Å². The molecule has 0 aliphatic heterocycles. The van der Waals surface area contributed by atoms with Gasteiger partial charge in [-0.3, -0.25) is 4.90 Å². The second-order valence-corrected chi connectivity index (χ2v) is 7.39. The number of ether oxygens (including phenoxy) is 2. The molecule has 2 amide bonds. The second-order valence-electron chi connectivity index (χ2n) is 7.39. The maximum absolute atomic E-state index is 13.0. The van der Waals surface area contributed by atoms with Crippen LogP contribution in [0.5, 0.6) is 5.75 Å². The van der Waals surface area contributed by atoms with Gasteiger partial charge in [-0.2, -0.15) is 0 Å². The fourth-order valence-corrected chi connectivity index (χ4v) is 3.54. The molecule has 0 unspecified atom stereocenters. The third kappa shape index (κ3) is 8.30. The summed E-state index contributed by atoms with van der Waals surface area (Å²) in [6.45, 7) is 0.534. The Labute approximate surface area is 184 Å². The summed E-state index contributed by atoms with van der Waals surface area (Å²) in [6, 6.07) is 17.2. The van der Waals surface area contributed by atoms with Gasteiger partial charge in [0.1, 0.15) is 12.4 Å². The SMILES string of the molecule is COCC(=O)O.COc1cccc(N(C(=O)NCC2CCCCC2)c2ccccc2)c1. The van der Waals surface area contributed by atoms with Gasteiger partial charge in [-0.25, -0.2) is 9.59 Å². The molecule has 31 heavy (non-hydrogen) atoms. The van der Waals surface area contributed by atoms with Crippen molar-refractivity contribution < 1.29 is 24.2 Å². The van der Waals surface area contributed by atoms with Crippen LogP contribution in [-0.2, 0) is 9.53 Å². The molecule has 7 heteroatoms. The van der Waals surface area contributed by atoms with Crippen molar-refractivity contribution in [2.24, 2.45) is 5.92 Å². The molecule has 2 aromatic carbocycles. The molecule has 0 atom stereocenters. The van der Waals surface area contributed by atoms with Gasteiger partial charge in [-0.1, -0.05) is 43.5 Å². The molecule has 2 N–H and O–H groups in total. The van der Waals surface area contributed by atoms with Crippen LogP contribution in [0.1, 0.15) is 32.1 Å². The van der Waals surface area contributed by atoms with Crippen LogP contribution in [0.4, 0.5) is 16.2 Å². The number of anilines is 2. The van der Waals surface area contributed by atoms with Crippen LogP contribution in [0.3, 0.4) is 0 Å². The van der Waals surface area contributed by atoms with Crippen molar-refractivity contribution in [2.75, 3.05) is 32.3 Å². The van der Waals surface area contributed by atoms with Crippen LogP contribution >= 0.6 is 0 Å². The lowest BCUT2D eigenvalue weighted by molar-refractivity contribution is -0.141. The molecule has 7 nitrogen and oxygen atoms in total. The van der Waals surface area contributed by atoms with Crippen LogP contribution < -0.4 is 15.0 Å². The number of aliphatic carboxylic acids is 1. The molecular formula is C24H32N2O5. The van der Waals surface area contributed by atoms with E-state index in [9.17, 15) is 9.59 Å². The fourth-order valence-electron chi connectivity index (χ4n) is 3.54. The first-order valence-corrected chi connectivity index (χ1v) is 10.5. The zero-order valence-electron chi connectivity index (χ0n) is 18.3. The second kappa shape index (κ2) is 13.3. The van der Waals surface area contributed by atoms with Gasteiger partial charge in [0.25, 0.3) is 0 Å². The highest BCUT2D eigenvalue weighted by atomic mass is 16.5. The van der Waals surface area contributed by atoms with Crippen molar-refractivity contribution in [3.8, 4) is 5.75 Å².